The Bertz CT molecular complexity index is 3200. The van der Waals surface area contributed by atoms with E-state index in [4.69, 9.17) is 15.0 Å². The van der Waals surface area contributed by atoms with Crippen molar-refractivity contribution in [3.8, 4) is 65.1 Å². The minimum absolute atomic E-state index is 0. The Morgan fingerprint density at radius 1 is 0.328 bits per heavy atom. The summed E-state index contributed by atoms with van der Waals surface area (Å²) in [5.41, 5.74) is 13.4. The van der Waals surface area contributed by atoms with Crippen LogP contribution in [-0.2, 0) is 20.1 Å². The maximum atomic E-state index is 4.82. The molecule has 0 atom stereocenters. The fraction of sp³-hybridized carbons (Fsp3) is 0.0500. The van der Waals surface area contributed by atoms with Gasteiger partial charge in [0, 0.05) is 16.2 Å². The summed E-state index contributed by atoms with van der Waals surface area (Å²) in [5.74, 6) is 0. The summed E-state index contributed by atoms with van der Waals surface area (Å²) >= 11 is 5.21. The van der Waals surface area contributed by atoms with Crippen molar-refractivity contribution in [2.45, 2.75) is 20.8 Å². The van der Waals surface area contributed by atoms with Gasteiger partial charge in [0.05, 0.1) is 16.6 Å². The number of pyridine rings is 3. The molecule has 12 rings (SSSR count). The van der Waals surface area contributed by atoms with Gasteiger partial charge in [0.1, 0.15) is 0 Å². The third-order valence-corrected chi connectivity index (χ3v) is 14.0. The molecular formula is C60H42IrN3S3. The van der Waals surface area contributed by atoms with E-state index in [0.717, 1.165) is 48.3 Å². The van der Waals surface area contributed by atoms with E-state index in [1.165, 1.54) is 64.2 Å². The Balaban J connectivity index is 0.000000125. The van der Waals surface area contributed by atoms with Gasteiger partial charge in [-0.05, 0) is 68.7 Å². The van der Waals surface area contributed by atoms with Crippen LogP contribution < -0.4 is 0 Å². The van der Waals surface area contributed by atoms with Crippen LogP contribution in [0.3, 0.4) is 0 Å². The second-order valence-corrected chi connectivity index (χ2v) is 19.6. The van der Waals surface area contributed by atoms with Crippen LogP contribution in [0.4, 0.5) is 0 Å². The number of thiophene rings is 3. The maximum Gasteiger partial charge on any atom is 3.00 e. The van der Waals surface area contributed by atoms with Gasteiger partial charge < -0.3 is 15.0 Å². The summed E-state index contributed by atoms with van der Waals surface area (Å²) < 4.78 is 0. The number of aromatic nitrogens is 3. The van der Waals surface area contributed by atoms with E-state index in [0.29, 0.717) is 0 Å². The van der Waals surface area contributed by atoms with Crippen molar-refractivity contribution in [1.29, 1.82) is 0 Å². The SMILES string of the molecule is Cc1c[c-]c(-c2cc(-c3ccccc3)c3ccccc3n2)s1.Cc1c[c-]c(-c2cc(-c3ccccc3)c3ccccc3n2)s1.Cc1c[c-]c(-c2cc(-c3ccccc3)c3ccccc3n2)s1.[Ir+3]. The van der Waals surface area contributed by atoms with Gasteiger partial charge in [-0.3, -0.25) is 0 Å². The molecule has 0 saturated carbocycles. The third kappa shape index (κ3) is 10.3. The minimum Gasteiger partial charge on any atom is -0.310 e. The maximum absolute atomic E-state index is 4.82. The molecule has 0 spiro atoms. The molecule has 0 unspecified atom stereocenters. The molecule has 0 bridgehead atoms. The second-order valence-electron chi connectivity index (χ2n) is 15.8. The van der Waals surface area contributed by atoms with Crippen LogP contribution in [0.15, 0.2) is 200 Å². The molecule has 0 amide bonds. The van der Waals surface area contributed by atoms with Crippen molar-refractivity contribution in [3.63, 3.8) is 0 Å². The number of para-hydroxylation sites is 3. The molecule has 6 aromatic carbocycles. The average molecular weight is 1090 g/mol. The standard InChI is InChI=1S/3C20H14NS.Ir/c3*1-14-11-12-20(22-14)19-13-17(15-7-3-2-4-8-15)16-9-5-6-10-18(16)21-19;/h3*2-11,13H,1H3;/q3*-1;+3. The molecule has 0 aliphatic carbocycles. The quantitative estimate of drug-likeness (QED) is 0.156. The normalized spacial score (nSPS) is 10.8. The first-order valence-corrected chi connectivity index (χ1v) is 24.2. The van der Waals surface area contributed by atoms with E-state index >= 15 is 0 Å². The predicted molar refractivity (Wildman–Crippen MR) is 282 cm³/mol. The van der Waals surface area contributed by atoms with Crippen LogP contribution in [0.1, 0.15) is 14.6 Å². The molecule has 0 aliphatic rings. The Hall–Kier alpha value is -6.70. The molecular weight excluding hydrogens is 1050 g/mol. The number of nitrogens with zero attached hydrogens (tertiary/aromatic N) is 3. The summed E-state index contributed by atoms with van der Waals surface area (Å²) in [5, 5.41) is 3.56. The molecule has 6 heterocycles. The van der Waals surface area contributed by atoms with Crippen LogP contribution in [-0.4, -0.2) is 15.0 Å². The summed E-state index contributed by atoms with van der Waals surface area (Å²) in [6, 6.07) is 79.0. The zero-order valence-electron chi connectivity index (χ0n) is 37.0. The average Bonchev–Trinajstić information content (AvgIpc) is 4.15. The van der Waals surface area contributed by atoms with Gasteiger partial charge in [-0.1, -0.05) is 214 Å². The molecule has 12 aromatic rings. The van der Waals surface area contributed by atoms with Gasteiger partial charge >= 0.3 is 20.1 Å². The van der Waals surface area contributed by atoms with Crippen molar-refractivity contribution in [2.24, 2.45) is 0 Å². The van der Waals surface area contributed by atoms with Gasteiger partial charge in [0.15, 0.2) is 0 Å². The zero-order valence-corrected chi connectivity index (χ0v) is 41.8. The number of rotatable bonds is 6. The number of aryl methyl sites for hydroxylation is 3. The molecule has 324 valence electrons. The summed E-state index contributed by atoms with van der Waals surface area (Å²) in [7, 11) is 0. The number of hydrogen-bond acceptors (Lipinski definition) is 6. The molecule has 7 heteroatoms. The molecule has 3 nitrogen and oxygen atoms in total. The molecule has 0 fully saturated rings. The number of benzene rings is 6. The Morgan fingerprint density at radius 3 is 0.836 bits per heavy atom. The van der Waals surface area contributed by atoms with Crippen molar-refractivity contribution in [2.75, 3.05) is 0 Å². The van der Waals surface area contributed by atoms with E-state index < -0.39 is 0 Å². The summed E-state index contributed by atoms with van der Waals surface area (Å²) in [6.45, 7) is 6.30. The molecule has 0 N–H and O–H groups in total. The van der Waals surface area contributed by atoms with Gasteiger partial charge in [0.25, 0.3) is 0 Å². The minimum atomic E-state index is 0. The van der Waals surface area contributed by atoms with Crippen LogP contribution in [0, 0.1) is 39.0 Å². The van der Waals surface area contributed by atoms with Crippen LogP contribution in [0.5, 0.6) is 0 Å². The number of hydrogen-bond donors (Lipinski definition) is 0. The monoisotopic (exact) mass is 1090 g/mol. The smallest absolute Gasteiger partial charge is 0.310 e. The van der Waals surface area contributed by atoms with Gasteiger partial charge in [-0.25, -0.2) is 34.0 Å². The summed E-state index contributed by atoms with van der Waals surface area (Å²) in [6.07, 6.45) is 0. The van der Waals surface area contributed by atoms with E-state index in [2.05, 4.69) is 185 Å². The van der Waals surface area contributed by atoms with E-state index in [9.17, 15) is 0 Å². The fourth-order valence-corrected chi connectivity index (χ4v) is 10.3. The van der Waals surface area contributed by atoms with Gasteiger partial charge in [0.2, 0.25) is 0 Å². The van der Waals surface area contributed by atoms with E-state index in [1.54, 1.807) is 34.0 Å². The Labute approximate surface area is 417 Å². The van der Waals surface area contributed by atoms with E-state index in [-0.39, 0.29) is 20.1 Å². The predicted octanol–water partition coefficient (Wildman–Crippen LogP) is 17.2. The molecule has 0 radical (unpaired) electrons. The Morgan fingerprint density at radius 2 is 0.582 bits per heavy atom. The first-order valence-electron chi connectivity index (χ1n) is 21.7. The van der Waals surface area contributed by atoms with E-state index in [1.807, 2.05) is 54.6 Å². The second kappa shape index (κ2) is 20.9. The fourth-order valence-electron chi connectivity index (χ4n) is 7.98. The third-order valence-electron chi connectivity index (χ3n) is 11.1. The van der Waals surface area contributed by atoms with Crippen molar-refractivity contribution in [1.82, 2.24) is 15.0 Å². The molecule has 6 aromatic heterocycles. The van der Waals surface area contributed by atoms with Crippen LogP contribution in [0.2, 0.25) is 0 Å². The summed E-state index contributed by atoms with van der Waals surface area (Å²) in [4.78, 5) is 21.5. The van der Waals surface area contributed by atoms with Crippen molar-refractivity contribution < 1.29 is 20.1 Å². The topological polar surface area (TPSA) is 38.7 Å². The number of fused-ring (bicyclic) bond motifs is 3. The van der Waals surface area contributed by atoms with Gasteiger partial charge in [-0.2, -0.15) is 36.4 Å². The van der Waals surface area contributed by atoms with Crippen molar-refractivity contribution in [3.05, 3.63) is 233 Å². The van der Waals surface area contributed by atoms with Gasteiger partial charge in [-0.15, -0.1) is 0 Å². The first kappa shape index (κ1) is 45.5. The van der Waals surface area contributed by atoms with Crippen molar-refractivity contribution >= 4 is 66.7 Å². The molecule has 0 saturated heterocycles. The molecule has 0 aliphatic heterocycles. The van der Waals surface area contributed by atoms with Crippen LogP contribution in [0.25, 0.3) is 97.8 Å². The van der Waals surface area contributed by atoms with Crippen LogP contribution >= 0.6 is 34.0 Å². The zero-order chi connectivity index (χ0) is 44.8. The molecule has 67 heavy (non-hydrogen) atoms. The largest absolute Gasteiger partial charge is 3.00 e. The first-order chi connectivity index (χ1) is 32.4. The Kier molecular flexibility index (Phi) is 14.2.